The first-order valence-electron chi connectivity index (χ1n) is 11.3. The fourth-order valence-corrected chi connectivity index (χ4v) is 5.20. The van der Waals surface area contributed by atoms with E-state index in [1.54, 1.807) is 36.9 Å². The summed E-state index contributed by atoms with van der Waals surface area (Å²) in [7, 11) is 0. The molecule has 0 saturated carbocycles. The van der Waals surface area contributed by atoms with Crippen LogP contribution in [0.2, 0.25) is 0 Å². The highest BCUT2D eigenvalue weighted by atomic mass is 32.2. The number of carbonyl (C=O) groups excluding carboxylic acids is 2. The molecule has 0 unspecified atom stereocenters. The van der Waals surface area contributed by atoms with Crippen molar-refractivity contribution < 1.29 is 18.7 Å². The van der Waals surface area contributed by atoms with Gasteiger partial charge in [0.05, 0.1) is 11.5 Å². The highest BCUT2D eigenvalue weighted by molar-refractivity contribution is 7.99. The first-order chi connectivity index (χ1) is 16.0. The second-order valence-corrected chi connectivity index (χ2v) is 9.68. The van der Waals surface area contributed by atoms with Gasteiger partial charge in [-0.15, -0.1) is 0 Å². The molecule has 1 aliphatic carbocycles. The largest absolute Gasteiger partial charge is 0.461 e. The van der Waals surface area contributed by atoms with Gasteiger partial charge in [-0.3, -0.25) is 4.79 Å². The molecule has 0 bridgehead atoms. The van der Waals surface area contributed by atoms with Gasteiger partial charge in [0, 0.05) is 34.7 Å². The van der Waals surface area contributed by atoms with E-state index in [2.05, 4.69) is 5.32 Å². The van der Waals surface area contributed by atoms with Crippen molar-refractivity contribution in [1.29, 1.82) is 0 Å². The molecule has 172 valence electrons. The molecule has 2 aliphatic rings. The Balaban J connectivity index is 1.73. The van der Waals surface area contributed by atoms with Gasteiger partial charge in [-0.2, -0.15) is 11.8 Å². The van der Waals surface area contributed by atoms with E-state index in [-0.39, 0.29) is 18.3 Å². The number of rotatable bonds is 7. The second kappa shape index (κ2) is 10.4. The third-order valence-corrected chi connectivity index (χ3v) is 7.06. The van der Waals surface area contributed by atoms with Crippen LogP contribution in [0.25, 0.3) is 0 Å². The fourth-order valence-electron chi connectivity index (χ4n) is 4.71. The highest BCUT2D eigenvalue weighted by Gasteiger charge is 2.42. The Kier molecular flexibility index (Phi) is 7.33. The summed E-state index contributed by atoms with van der Waals surface area (Å²) in [6.45, 7) is 4.11. The Morgan fingerprint density at radius 2 is 1.85 bits per heavy atom. The van der Waals surface area contributed by atoms with E-state index < -0.39 is 17.7 Å². The number of hydrogen-bond donors (Lipinski definition) is 1. The van der Waals surface area contributed by atoms with Crippen LogP contribution in [0.15, 0.2) is 77.1 Å². The molecule has 1 aliphatic heterocycles. The number of halogens is 1. The minimum Gasteiger partial charge on any atom is -0.461 e. The van der Waals surface area contributed by atoms with Crippen LogP contribution in [-0.2, 0) is 14.3 Å². The topological polar surface area (TPSA) is 55.4 Å². The van der Waals surface area contributed by atoms with Crippen molar-refractivity contribution >= 4 is 23.5 Å². The average Bonchev–Trinajstić information content (AvgIpc) is 2.81. The van der Waals surface area contributed by atoms with Gasteiger partial charge in [0.25, 0.3) is 0 Å². The Morgan fingerprint density at radius 1 is 1.12 bits per heavy atom. The van der Waals surface area contributed by atoms with Crippen molar-refractivity contribution in [3.63, 3.8) is 0 Å². The van der Waals surface area contributed by atoms with Crippen molar-refractivity contribution in [2.24, 2.45) is 0 Å². The van der Waals surface area contributed by atoms with Crippen molar-refractivity contribution in [1.82, 2.24) is 5.32 Å². The summed E-state index contributed by atoms with van der Waals surface area (Å²) < 4.78 is 20.5. The van der Waals surface area contributed by atoms with Crippen LogP contribution in [-0.4, -0.2) is 29.9 Å². The van der Waals surface area contributed by atoms with Crippen LogP contribution in [0.5, 0.6) is 0 Å². The van der Waals surface area contributed by atoms with E-state index in [4.69, 9.17) is 4.74 Å². The molecule has 0 radical (unpaired) electrons. The Morgan fingerprint density at radius 3 is 2.58 bits per heavy atom. The lowest BCUT2D eigenvalue weighted by Gasteiger charge is -2.36. The number of hydrogen-bond acceptors (Lipinski definition) is 5. The molecule has 2 atom stereocenters. The number of thioether (sulfide) groups is 1. The number of ether oxygens (including phenoxy) is 1. The van der Waals surface area contributed by atoms with Gasteiger partial charge >= 0.3 is 5.97 Å². The lowest BCUT2D eigenvalue weighted by atomic mass is 9.71. The molecule has 1 N–H and O–H groups in total. The van der Waals surface area contributed by atoms with E-state index >= 15 is 0 Å². The monoisotopic (exact) mass is 465 g/mol. The van der Waals surface area contributed by atoms with Gasteiger partial charge in [-0.05, 0) is 36.6 Å². The highest BCUT2D eigenvalue weighted by Crippen LogP contribution is 2.46. The maximum Gasteiger partial charge on any atom is 0.336 e. The normalized spacial score (nSPS) is 20.4. The summed E-state index contributed by atoms with van der Waals surface area (Å²) in [5.41, 5.74) is 3.59. The molecular weight excluding hydrogens is 437 g/mol. The van der Waals surface area contributed by atoms with Gasteiger partial charge in [-0.25, -0.2) is 9.18 Å². The number of carbonyl (C=O) groups is 2. The smallest absolute Gasteiger partial charge is 0.336 e. The Hall–Kier alpha value is -2.86. The summed E-state index contributed by atoms with van der Waals surface area (Å²) in [5, 5.41) is 3.31. The second-order valence-electron chi connectivity index (χ2n) is 8.28. The molecule has 1 heterocycles. The molecule has 0 aromatic heterocycles. The van der Waals surface area contributed by atoms with Crippen LogP contribution >= 0.6 is 11.8 Å². The first-order valence-corrected chi connectivity index (χ1v) is 12.4. The van der Waals surface area contributed by atoms with Crippen LogP contribution in [0.4, 0.5) is 4.39 Å². The number of esters is 1. The van der Waals surface area contributed by atoms with Gasteiger partial charge in [0.15, 0.2) is 5.78 Å². The zero-order valence-electron chi connectivity index (χ0n) is 18.9. The lowest BCUT2D eigenvalue weighted by Crippen LogP contribution is -2.36. The number of ketones is 1. The van der Waals surface area contributed by atoms with Gasteiger partial charge < -0.3 is 10.1 Å². The predicted octanol–water partition coefficient (Wildman–Crippen LogP) is 5.48. The zero-order chi connectivity index (χ0) is 23.4. The van der Waals surface area contributed by atoms with Crippen LogP contribution in [0, 0.1) is 5.82 Å². The third kappa shape index (κ3) is 4.91. The summed E-state index contributed by atoms with van der Waals surface area (Å²) in [6, 6.07) is 16.3. The first kappa shape index (κ1) is 23.3. The average molecular weight is 466 g/mol. The quantitative estimate of drug-likeness (QED) is 0.433. The number of Topliss-reactive ketones (excluding diaryl/α,β-unsaturated/α-hetero) is 1. The molecule has 0 amide bonds. The molecule has 4 rings (SSSR count). The van der Waals surface area contributed by atoms with Crippen LogP contribution in [0.1, 0.15) is 49.7 Å². The summed E-state index contributed by atoms with van der Waals surface area (Å²) >= 11 is 1.68. The number of benzene rings is 2. The predicted molar refractivity (Wildman–Crippen MR) is 129 cm³/mol. The van der Waals surface area contributed by atoms with Gasteiger partial charge in [0.2, 0.25) is 0 Å². The molecule has 0 fully saturated rings. The minimum atomic E-state index is -0.780. The number of allylic oxidation sites excluding steroid dienone is 3. The summed E-state index contributed by atoms with van der Waals surface area (Å²) in [6.07, 6.45) is 0.951. The van der Waals surface area contributed by atoms with Crippen molar-refractivity contribution in [3.05, 3.63) is 94.1 Å². The molecule has 0 spiro atoms. The summed E-state index contributed by atoms with van der Waals surface area (Å²) in [4.78, 5) is 26.6. The van der Waals surface area contributed by atoms with Gasteiger partial charge in [-0.1, -0.05) is 55.5 Å². The number of nitrogens with one attached hydrogen (secondary N) is 1. The molecule has 6 heteroatoms. The minimum absolute atomic E-state index is 0.0404. The van der Waals surface area contributed by atoms with E-state index in [1.807, 2.05) is 37.3 Å². The van der Waals surface area contributed by atoms with E-state index in [0.29, 0.717) is 41.0 Å². The molecule has 33 heavy (non-hydrogen) atoms. The van der Waals surface area contributed by atoms with E-state index in [0.717, 1.165) is 17.0 Å². The SMILES string of the molecule is CCSCCOC(=O)C1=C(C)NC2=C(C(=O)C[C@@H](c3ccccc3)C2)[C@H]1c1ccccc1F. The Bertz CT molecular complexity index is 1110. The van der Waals surface area contributed by atoms with Gasteiger partial charge in [0.1, 0.15) is 12.4 Å². The zero-order valence-corrected chi connectivity index (χ0v) is 19.7. The maximum atomic E-state index is 15.0. The molecular formula is C27H28FNO3S. The Labute approximate surface area is 198 Å². The van der Waals surface area contributed by atoms with Crippen molar-refractivity contribution in [2.45, 2.75) is 38.5 Å². The van der Waals surface area contributed by atoms with Crippen LogP contribution < -0.4 is 5.32 Å². The lowest BCUT2D eigenvalue weighted by molar-refractivity contribution is -0.138. The van der Waals surface area contributed by atoms with E-state index in [1.165, 1.54) is 6.07 Å². The fraction of sp³-hybridized carbons (Fsp3) is 0.333. The standard InChI is InChI=1S/C27H28FNO3S/c1-3-33-14-13-32-27(31)24-17(2)29-22-15-19(18-9-5-4-6-10-18)16-23(30)26(22)25(24)20-11-7-8-12-21(20)28/h4-12,19,25,29H,3,13-16H2,1-2H3/t19-,25-/m0/s1. The third-order valence-electron chi connectivity index (χ3n) is 6.20. The maximum absolute atomic E-state index is 15.0. The van der Waals surface area contributed by atoms with Crippen molar-refractivity contribution in [3.8, 4) is 0 Å². The number of dihydropyridines is 1. The van der Waals surface area contributed by atoms with Crippen LogP contribution in [0.3, 0.4) is 0 Å². The van der Waals surface area contributed by atoms with Crippen molar-refractivity contribution in [2.75, 3.05) is 18.1 Å². The summed E-state index contributed by atoms with van der Waals surface area (Å²) in [5.74, 6) is -0.116. The molecule has 2 aromatic rings. The molecule has 4 nitrogen and oxygen atoms in total. The molecule has 2 aromatic carbocycles. The molecule has 0 saturated heterocycles. The van der Waals surface area contributed by atoms with E-state index in [9.17, 15) is 14.0 Å².